The van der Waals surface area contributed by atoms with Crippen LogP contribution in [-0.4, -0.2) is 44.3 Å². The van der Waals surface area contributed by atoms with Crippen molar-refractivity contribution in [1.29, 1.82) is 0 Å². The maximum atomic E-state index is 13.8. The van der Waals surface area contributed by atoms with E-state index in [0.29, 0.717) is 17.1 Å². The van der Waals surface area contributed by atoms with Crippen LogP contribution in [0, 0.1) is 0 Å². The van der Waals surface area contributed by atoms with Crippen molar-refractivity contribution in [2.75, 3.05) is 17.4 Å². The van der Waals surface area contributed by atoms with Gasteiger partial charge in [-0.25, -0.2) is 8.42 Å². The Hall–Kier alpha value is -2.49. The Balaban J connectivity index is 2.06. The zero-order chi connectivity index (χ0) is 28.0. The molecule has 1 atom stereocenters. The number of sulfonamides is 1. The van der Waals surface area contributed by atoms with Crippen LogP contribution in [0.2, 0.25) is 20.1 Å². The van der Waals surface area contributed by atoms with Crippen molar-refractivity contribution in [2.24, 2.45) is 0 Å². The molecule has 3 rings (SSSR count). The van der Waals surface area contributed by atoms with Crippen LogP contribution in [0.15, 0.2) is 71.6 Å². The zero-order valence-corrected chi connectivity index (χ0v) is 24.3. The first-order valence-corrected chi connectivity index (χ1v) is 14.4. The minimum Gasteiger partial charge on any atom is -0.355 e. The van der Waals surface area contributed by atoms with Crippen molar-refractivity contribution in [2.45, 2.75) is 31.3 Å². The molecule has 0 saturated heterocycles. The number of halogens is 4. The van der Waals surface area contributed by atoms with Crippen molar-refractivity contribution < 1.29 is 18.0 Å². The number of rotatable bonds is 10. The van der Waals surface area contributed by atoms with Gasteiger partial charge in [0.2, 0.25) is 11.8 Å². The Kier molecular flexibility index (Phi) is 10.3. The predicted molar refractivity (Wildman–Crippen MR) is 153 cm³/mol. The summed E-state index contributed by atoms with van der Waals surface area (Å²) in [6.45, 7) is 3.02. The molecular formula is C26H25Cl4N3O4S. The summed E-state index contributed by atoms with van der Waals surface area (Å²) in [5.41, 5.74) is 0.701. The fraction of sp³-hybridized carbons (Fsp3) is 0.231. The number of hydrogen-bond donors (Lipinski definition) is 1. The lowest BCUT2D eigenvalue weighted by atomic mass is 10.1. The molecular weight excluding hydrogens is 592 g/mol. The number of amides is 2. The summed E-state index contributed by atoms with van der Waals surface area (Å²) in [5, 5.41) is 3.70. The molecule has 12 heteroatoms. The molecule has 202 valence electrons. The summed E-state index contributed by atoms with van der Waals surface area (Å²) < 4.78 is 28.4. The van der Waals surface area contributed by atoms with Crippen LogP contribution in [0.1, 0.15) is 19.4 Å². The third-order valence-electron chi connectivity index (χ3n) is 5.60. The maximum absolute atomic E-state index is 13.8. The summed E-state index contributed by atoms with van der Waals surface area (Å²) in [5.74, 6) is -1.03. The quantitative estimate of drug-likeness (QED) is 0.300. The third-order valence-corrected chi connectivity index (χ3v) is 8.56. The normalized spacial score (nSPS) is 12.1. The summed E-state index contributed by atoms with van der Waals surface area (Å²) >= 11 is 24.5. The van der Waals surface area contributed by atoms with Gasteiger partial charge in [0.1, 0.15) is 12.6 Å². The largest absolute Gasteiger partial charge is 0.355 e. The van der Waals surface area contributed by atoms with E-state index in [-0.39, 0.29) is 32.2 Å². The first-order valence-electron chi connectivity index (χ1n) is 11.5. The highest BCUT2D eigenvalue weighted by Crippen LogP contribution is 2.30. The van der Waals surface area contributed by atoms with Crippen molar-refractivity contribution in [3.05, 3.63) is 92.4 Å². The molecule has 0 spiro atoms. The number of carbonyl (C=O) groups is 2. The van der Waals surface area contributed by atoms with Crippen LogP contribution in [0.5, 0.6) is 0 Å². The van der Waals surface area contributed by atoms with Gasteiger partial charge < -0.3 is 10.2 Å². The Morgan fingerprint density at radius 1 is 0.895 bits per heavy atom. The summed E-state index contributed by atoms with van der Waals surface area (Å²) in [7, 11) is -4.23. The molecule has 0 saturated carbocycles. The van der Waals surface area contributed by atoms with Crippen LogP contribution < -0.4 is 9.62 Å². The van der Waals surface area contributed by atoms with E-state index >= 15 is 0 Å². The monoisotopic (exact) mass is 615 g/mol. The second-order valence-electron chi connectivity index (χ2n) is 8.29. The number of carbonyl (C=O) groups excluding carboxylic acids is 2. The third kappa shape index (κ3) is 7.33. The molecule has 2 amide bonds. The minimum atomic E-state index is -4.23. The van der Waals surface area contributed by atoms with Crippen molar-refractivity contribution in [3.63, 3.8) is 0 Å². The van der Waals surface area contributed by atoms with E-state index in [1.54, 1.807) is 50.2 Å². The van der Waals surface area contributed by atoms with E-state index < -0.39 is 34.4 Å². The topological polar surface area (TPSA) is 86.8 Å². The second-order valence-corrected chi connectivity index (χ2v) is 11.8. The Labute approximate surface area is 242 Å². The van der Waals surface area contributed by atoms with Crippen LogP contribution in [0.25, 0.3) is 0 Å². The van der Waals surface area contributed by atoms with Crippen LogP contribution >= 0.6 is 46.4 Å². The standard InChI is InChI=1S/C26H25Cl4N3O4S/c1-3-31-26(35)17(2)32(15-18-9-10-23(29)24(30)11-18)25(34)16-33(21-13-19(27)12-20(28)14-21)38(36,37)22-7-5-4-6-8-22/h4-14,17H,3,15-16H2,1-2H3,(H,31,35). The lowest BCUT2D eigenvalue weighted by Gasteiger charge is -2.32. The average Bonchev–Trinajstić information content (AvgIpc) is 2.87. The van der Waals surface area contributed by atoms with Gasteiger partial charge in [-0.1, -0.05) is 70.7 Å². The molecule has 3 aromatic carbocycles. The van der Waals surface area contributed by atoms with Crippen LogP contribution in [0.4, 0.5) is 5.69 Å². The smallest absolute Gasteiger partial charge is 0.264 e. The van der Waals surface area contributed by atoms with Crippen LogP contribution in [0.3, 0.4) is 0 Å². The maximum Gasteiger partial charge on any atom is 0.264 e. The fourth-order valence-corrected chi connectivity index (χ4v) is 5.93. The molecule has 1 N–H and O–H groups in total. The van der Waals surface area contributed by atoms with Crippen molar-refractivity contribution in [3.8, 4) is 0 Å². The molecule has 0 bridgehead atoms. The van der Waals surface area contributed by atoms with Gasteiger partial charge in [0.25, 0.3) is 10.0 Å². The van der Waals surface area contributed by atoms with E-state index in [4.69, 9.17) is 46.4 Å². The summed E-state index contributed by atoms with van der Waals surface area (Å²) in [4.78, 5) is 27.8. The van der Waals surface area contributed by atoms with E-state index in [0.717, 1.165) is 4.31 Å². The number of likely N-dealkylation sites (N-methyl/N-ethyl adjacent to an activating group) is 1. The Morgan fingerprint density at radius 2 is 1.53 bits per heavy atom. The molecule has 1 unspecified atom stereocenters. The fourth-order valence-electron chi connectivity index (χ4n) is 3.67. The lowest BCUT2D eigenvalue weighted by molar-refractivity contribution is -0.139. The van der Waals surface area contributed by atoms with Gasteiger partial charge >= 0.3 is 0 Å². The first-order chi connectivity index (χ1) is 17.9. The van der Waals surface area contributed by atoms with Crippen LogP contribution in [-0.2, 0) is 26.2 Å². The lowest BCUT2D eigenvalue weighted by Crippen LogP contribution is -2.51. The predicted octanol–water partition coefficient (Wildman–Crippen LogP) is 6.05. The van der Waals surface area contributed by atoms with E-state index in [2.05, 4.69) is 5.32 Å². The van der Waals surface area contributed by atoms with Gasteiger partial charge in [-0.15, -0.1) is 0 Å². The van der Waals surface area contributed by atoms with E-state index in [1.807, 2.05) is 0 Å². The molecule has 0 radical (unpaired) electrons. The average molecular weight is 617 g/mol. The highest BCUT2D eigenvalue weighted by molar-refractivity contribution is 7.92. The Bertz CT molecular complexity index is 1400. The molecule has 38 heavy (non-hydrogen) atoms. The molecule has 0 aliphatic carbocycles. The van der Waals surface area contributed by atoms with Crippen molar-refractivity contribution >= 4 is 73.9 Å². The van der Waals surface area contributed by atoms with Gasteiger partial charge in [0.05, 0.1) is 20.6 Å². The van der Waals surface area contributed by atoms with E-state index in [1.165, 1.54) is 35.2 Å². The highest BCUT2D eigenvalue weighted by atomic mass is 35.5. The number of nitrogens with one attached hydrogen (secondary N) is 1. The van der Waals surface area contributed by atoms with Gasteiger partial charge in [-0.05, 0) is 61.9 Å². The number of anilines is 1. The van der Waals surface area contributed by atoms with Gasteiger partial charge in [0, 0.05) is 23.1 Å². The first kappa shape index (κ1) is 30.1. The molecule has 0 aromatic heterocycles. The van der Waals surface area contributed by atoms with Crippen molar-refractivity contribution in [1.82, 2.24) is 10.2 Å². The molecule has 0 aliphatic heterocycles. The molecule has 3 aromatic rings. The molecule has 0 fully saturated rings. The number of hydrogen-bond acceptors (Lipinski definition) is 4. The highest BCUT2D eigenvalue weighted by Gasteiger charge is 2.32. The van der Waals surface area contributed by atoms with Gasteiger partial charge in [-0.2, -0.15) is 0 Å². The van der Waals surface area contributed by atoms with Gasteiger partial charge in [0.15, 0.2) is 0 Å². The van der Waals surface area contributed by atoms with Gasteiger partial charge in [-0.3, -0.25) is 13.9 Å². The molecule has 0 aliphatic rings. The molecule has 7 nitrogen and oxygen atoms in total. The number of benzene rings is 3. The number of nitrogens with zero attached hydrogens (tertiary/aromatic N) is 2. The summed E-state index contributed by atoms with van der Waals surface area (Å²) in [6, 6.07) is 15.8. The van der Waals surface area contributed by atoms with E-state index in [9.17, 15) is 18.0 Å². The zero-order valence-electron chi connectivity index (χ0n) is 20.5. The molecule has 0 heterocycles. The SMILES string of the molecule is CCNC(=O)C(C)N(Cc1ccc(Cl)c(Cl)c1)C(=O)CN(c1cc(Cl)cc(Cl)c1)S(=O)(=O)c1ccccc1. The second kappa shape index (κ2) is 13.0. The summed E-state index contributed by atoms with van der Waals surface area (Å²) in [6.07, 6.45) is 0. The Morgan fingerprint density at radius 3 is 2.11 bits per heavy atom. The minimum absolute atomic E-state index is 0.0243.